The molecule has 0 spiro atoms. The number of nitrogen functional groups attached to an aromatic ring is 1. The van der Waals surface area contributed by atoms with E-state index in [4.69, 9.17) is 5.73 Å². The standard InChI is InChI=1S/C12H9F2N5O/c1-20-10-6(13)2-5(3-7(10)14)9-8-11(15)16-4-17-12(8)19-18-9/h2-4H,1H3,(H3,15,16,17,18,19). The number of nitrogens with two attached hydrogens (primary N) is 1. The number of nitrogens with zero attached hydrogens (tertiary/aromatic N) is 3. The number of aromatic nitrogens is 4. The van der Waals surface area contributed by atoms with Gasteiger partial charge in [-0.2, -0.15) is 5.10 Å². The fourth-order valence-electron chi connectivity index (χ4n) is 1.99. The average Bonchev–Trinajstić information content (AvgIpc) is 2.83. The molecule has 0 saturated heterocycles. The van der Waals surface area contributed by atoms with Crippen molar-refractivity contribution in [3.63, 3.8) is 0 Å². The first-order valence-corrected chi connectivity index (χ1v) is 5.59. The molecule has 0 fully saturated rings. The Balaban J connectivity index is 2.26. The van der Waals surface area contributed by atoms with Crippen LogP contribution in [0.4, 0.5) is 14.6 Å². The Bertz CT molecular complexity index is 779. The molecule has 2 heterocycles. The second-order valence-electron chi connectivity index (χ2n) is 4.03. The Morgan fingerprint density at radius 3 is 2.55 bits per heavy atom. The highest BCUT2D eigenvalue weighted by Gasteiger charge is 2.17. The summed E-state index contributed by atoms with van der Waals surface area (Å²) in [6.45, 7) is 0. The Morgan fingerprint density at radius 2 is 1.90 bits per heavy atom. The molecule has 0 aliphatic heterocycles. The molecule has 0 aliphatic rings. The van der Waals surface area contributed by atoms with Crippen molar-refractivity contribution >= 4 is 16.9 Å². The molecule has 0 radical (unpaired) electrons. The van der Waals surface area contributed by atoms with E-state index in [9.17, 15) is 8.78 Å². The SMILES string of the molecule is COc1c(F)cc(-c2[nH]nc3ncnc(N)c23)cc1F. The zero-order valence-electron chi connectivity index (χ0n) is 10.3. The summed E-state index contributed by atoms with van der Waals surface area (Å²) in [5.41, 5.74) is 6.66. The van der Waals surface area contributed by atoms with E-state index >= 15 is 0 Å². The van der Waals surface area contributed by atoms with Crippen LogP contribution in [0.5, 0.6) is 5.75 Å². The van der Waals surface area contributed by atoms with Crippen LogP contribution < -0.4 is 10.5 Å². The van der Waals surface area contributed by atoms with E-state index in [2.05, 4.69) is 24.9 Å². The van der Waals surface area contributed by atoms with Crippen LogP contribution in [0.25, 0.3) is 22.3 Å². The highest BCUT2D eigenvalue weighted by molar-refractivity contribution is 5.97. The van der Waals surface area contributed by atoms with Crippen LogP contribution in [-0.2, 0) is 0 Å². The lowest BCUT2D eigenvalue weighted by molar-refractivity contribution is 0.360. The molecule has 0 saturated carbocycles. The highest BCUT2D eigenvalue weighted by atomic mass is 19.1. The van der Waals surface area contributed by atoms with E-state index in [0.29, 0.717) is 16.7 Å². The summed E-state index contributed by atoms with van der Waals surface area (Å²) in [4.78, 5) is 7.76. The molecule has 3 N–H and O–H groups in total. The van der Waals surface area contributed by atoms with Crippen LogP contribution in [0.15, 0.2) is 18.5 Å². The molecule has 0 unspecified atom stereocenters. The minimum absolute atomic E-state index is 0.176. The summed E-state index contributed by atoms with van der Waals surface area (Å²) in [6.07, 6.45) is 1.26. The normalized spacial score (nSPS) is 10.9. The Morgan fingerprint density at radius 1 is 1.20 bits per heavy atom. The molecular formula is C12H9F2N5O. The number of ether oxygens (including phenoxy) is 1. The van der Waals surface area contributed by atoms with Gasteiger partial charge in [-0.25, -0.2) is 18.7 Å². The first kappa shape index (κ1) is 12.3. The van der Waals surface area contributed by atoms with Crippen molar-refractivity contribution in [2.75, 3.05) is 12.8 Å². The summed E-state index contributed by atoms with van der Waals surface area (Å²) in [5.74, 6) is -1.90. The maximum Gasteiger partial charge on any atom is 0.190 e. The number of hydrogen-bond donors (Lipinski definition) is 2. The summed E-state index contributed by atoms with van der Waals surface area (Å²) < 4.78 is 32.1. The van der Waals surface area contributed by atoms with Crippen molar-refractivity contribution in [3.8, 4) is 17.0 Å². The number of aromatic amines is 1. The van der Waals surface area contributed by atoms with E-state index in [1.807, 2.05) is 0 Å². The van der Waals surface area contributed by atoms with E-state index < -0.39 is 17.4 Å². The molecule has 0 amide bonds. The van der Waals surface area contributed by atoms with E-state index in [0.717, 1.165) is 12.1 Å². The minimum atomic E-state index is -0.819. The molecule has 102 valence electrons. The second-order valence-corrected chi connectivity index (χ2v) is 4.03. The number of benzene rings is 1. The van der Waals surface area contributed by atoms with Crippen LogP contribution in [0, 0.1) is 11.6 Å². The summed E-state index contributed by atoms with van der Waals surface area (Å²) >= 11 is 0. The van der Waals surface area contributed by atoms with Crippen molar-refractivity contribution in [3.05, 3.63) is 30.1 Å². The number of H-pyrrole nitrogens is 1. The van der Waals surface area contributed by atoms with Gasteiger partial charge in [0.05, 0.1) is 18.2 Å². The lowest BCUT2D eigenvalue weighted by Gasteiger charge is -2.06. The van der Waals surface area contributed by atoms with Gasteiger partial charge in [0.15, 0.2) is 23.0 Å². The molecule has 20 heavy (non-hydrogen) atoms. The topological polar surface area (TPSA) is 89.7 Å². The number of methoxy groups -OCH3 is 1. The smallest absolute Gasteiger partial charge is 0.190 e. The first-order chi connectivity index (χ1) is 9.61. The molecule has 3 rings (SSSR count). The monoisotopic (exact) mass is 277 g/mol. The molecule has 2 aromatic heterocycles. The third-order valence-corrected chi connectivity index (χ3v) is 2.87. The van der Waals surface area contributed by atoms with Gasteiger partial charge in [-0.05, 0) is 12.1 Å². The summed E-state index contributed by atoms with van der Waals surface area (Å²) in [6, 6.07) is 2.25. The molecular weight excluding hydrogens is 268 g/mol. The third kappa shape index (κ3) is 1.73. The van der Waals surface area contributed by atoms with E-state index in [-0.39, 0.29) is 11.4 Å². The van der Waals surface area contributed by atoms with Crippen LogP contribution in [0.2, 0.25) is 0 Å². The molecule has 8 heteroatoms. The predicted octanol–water partition coefficient (Wildman–Crippen LogP) is 1.89. The predicted molar refractivity (Wildman–Crippen MR) is 68.0 cm³/mol. The molecule has 0 atom stereocenters. The Kier molecular flexibility index (Phi) is 2.70. The molecule has 6 nitrogen and oxygen atoms in total. The minimum Gasteiger partial charge on any atom is -0.491 e. The molecule has 0 aliphatic carbocycles. The lowest BCUT2D eigenvalue weighted by Crippen LogP contribution is -1.95. The maximum atomic E-state index is 13.7. The number of nitrogens with one attached hydrogen (secondary N) is 1. The maximum absolute atomic E-state index is 13.7. The van der Waals surface area contributed by atoms with Crippen LogP contribution in [-0.4, -0.2) is 27.3 Å². The fraction of sp³-hybridized carbons (Fsp3) is 0.0833. The van der Waals surface area contributed by atoms with Gasteiger partial charge in [-0.3, -0.25) is 5.10 Å². The average molecular weight is 277 g/mol. The summed E-state index contributed by atoms with van der Waals surface area (Å²) in [5, 5.41) is 7.00. The van der Waals surface area contributed by atoms with Gasteiger partial charge in [0.25, 0.3) is 0 Å². The number of rotatable bonds is 2. The third-order valence-electron chi connectivity index (χ3n) is 2.87. The van der Waals surface area contributed by atoms with Crippen molar-refractivity contribution in [2.24, 2.45) is 0 Å². The second kappa shape index (κ2) is 4.41. The van der Waals surface area contributed by atoms with E-state index in [1.165, 1.54) is 13.4 Å². The number of hydrogen-bond acceptors (Lipinski definition) is 5. The van der Waals surface area contributed by atoms with Gasteiger partial charge in [0.2, 0.25) is 0 Å². The van der Waals surface area contributed by atoms with Gasteiger partial charge in [-0.15, -0.1) is 0 Å². The zero-order valence-corrected chi connectivity index (χ0v) is 10.3. The lowest BCUT2D eigenvalue weighted by atomic mass is 10.1. The quantitative estimate of drug-likeness (QED) is 0.746. The fourth-order valence-corrected chi connectivity index (χ4v) is 1.99. The van der Waals surface area contributed by atoms with Gasteiger partial charge in [-0.1, -0.05) is 0 Å². The molecule has 1 aromatic carbocycles. The Hall–Kier alpha value is -2.77. The van der Waals surface area contributed by atoms with Crippen LogP contribution in [0.3, 0.4) is 0 Å². The number of halogens is 2. The van der Waals surface area contributed by atoms with E-state index in [1.54, 1.807) is 0 Å². The van der Waals surface area contributed by atoms with Crippen LogP contribution in [0.1, 0.15) is 0 Å². The van der Waals surface area contributed by atoms with Crippen LogP contribution >= 0.6 is 0 Å². The largest absolute Gasteiger partial charge is 0.491 e. The number of anilines is 1. The molecule has 0 bridgehead atoms. The summed E-state index contributed by atoms with van der Waals surface area (Å²) in [7, 11) is 1.19. The Labute approximate surface area is 111 Å². The van der Waals surface area contributed by atoms with Gasteiger partial charge in [0.1, 0.15) is 12.1 Å². The van der Waals surface area contributed by atoms with Gasteiger partial charge >= 0.3 is 0 Å². The van der Waals surface area contributed by atoms with Crippen molar-refractivity contribution in [2.45, 2.75) is 0 Å². The van der Waals surface area contributed by atoms with Crippen molar-refractivity contribution < 1.29 is 13.5 Å². The van der Waals surface area contributed by atoms with Gasteiger partial charge < -0.3 is 10.5 Å². The van der Waals surface area contributed by atoms with Gasteiger partial charge in [0, 0.05) is 5.56 Å². The van der Waals surface area contributed by atoms with Crippen molar-refractivity contribution in [1.29, 1.82) is 0 Å². The zero-order chi connectivity index (χ0) is 14.3. The first-order valence-electron chi connectivity index (χ1n) is 5.59. The highest BCUT2D eigenvalue weighted by Crippen LogP contribution is 2.32. The number of fused-ring (bicyclic) bond motifs is 1. The van der Waals surface area contributed by atoms with Crippen molar-refractivity contribution in [1.82, 2.24) is 20.2 Å². The molecule has 3 aromatic rings.